The van der Waals surface area contributed by atoms with Crippen molar-refractivity contribution in [1.29, 1.82) is 0 Å². The van der Waals surface area contributed by atoms with Gasteiger partial charge < -0.3 is 15.7 Å². The molecule has 1 aliphatic rings. The lowest BCUT2D eigenvalue weighted by atomic mass is 10.00. The van der Waals surface area contributed by atoms with E-state index in [-0.39, 0.29) is 24.4 Å². The summed E-state index contributed by atoms with van der Waals surface area (Å²) in [5, 5.41) is 23.5. The number of carboxylic acid groups (broad SMARTS) is 1. The maximum atomic E-state index is 12.8. The molecule has 9 rings (SSSR count). The fraction of sp³-hybridized carbons (Fsp3) is 0.292. The summed E-state index contributed by atoms with van der Waals surface area (Å²) in [7, 11) is 3.59. The summed E-state index contributed by atoms with van der Waals surface area (Å²) in [6.45, 7) is 3.09. The number of Topliss-reactive ketones (excluding diaryl/α,β-unsaturated/α-hetero) is 1. The first-order valence-electron chi connectivity index (χ1n) is 21.4. The summed E-state index contributed by atoms with van der Waals surface area (Å²) in [4.78, 5) is 32.9. The maximum absolute atomic E-state index is 12.8. The highest BCUT2D eigenvalue weighted by molar-refractivity contribution is 5.99. The number of fused-ring (bicyclic) bond motifs is 2. The van der Waals surface area contributed by atoms with Crippen molar-refractivity contribution in [2.75, 3.05) is 23.7 Å². The van der Waals surface area contributed by atoms with Crippen molar-refractivity contribution in [3.05, 3.63) is 120 Å². The van der Waals surface area contributed by atoms with Gasteiger partial charge in [-0.3, -0.25) is 23.3 Å². The summed E-state index contributed by atoms with van der Waals surface area (Å²) in [5.41, 5.74) is 10.6. The van der Waals surface area contributed by atoms with Crippen molar-refractivity contribution in [2.45, 2.75) is 58.3 Å². The second-order valence-corrected chi connectivity index (χ2v) is 16.7. The van der Waals surface area contributed by atoms with Gasteiger partial charge in [0.2, 0.25) is 0 Å². The van der Waals surface area contributed by atoms with E-state index in [2.05, 4.69) is 30.8 Å². The Bertz CT molecular complexity index is 3120. The topological polar surface area (TPSA) is 150 Å². The minimum atomic E-state index is -4.27. The number of rotatable bonds is 14. The van der Waals surface area contributed by atoms with Crippen LogP contribution in [0.3, 0.4) is 0 Å². The molecular formula is C48H46F6N10O3. The van der Waals surface area contributed by atoms with Gasteiger partial charge in [0.1, 0.15) is 23.7 Å². The van der Waals surface area contributed by atoms with E-state index >= 15 is 0 Å². The summed E-state index contributed by atoms with van der Waals surface area (Å²) in [6.07, 6.45) is -1.04. The summed E-state index contributed by atoms with van der Waals surface area (Å²) < 4.78 is 83.3. The first-order chi connectivity index (χ1) is 31.8. The van der Waals surface area contributed by atoms with Crippen LogP contribution in [-0.2, 0) is 14.1 Å². The van der Waals surface area contributed by atoms with Crippen molar-refractivity contribution in [3.63, 3.8) is 0 Å². The van der Waals surface area contributed by atoms with Crippen LogP contribution in [0, 0.1) is 19.8 Å². The number of hydrogen-bond donors (Lipinski definition) is 3. The molecule has 4 aromatic heterocycles. The number of carbonyl (C=O) groups is 2. The molecule has 3 N–H and O–H groups in total. The first kappa shape index (κ1) is 46.1. The van der Waals surface area contributed by atoms with Crippen molar-refractivity contribution < 1.29 is 41.0 Å². The van der Waals surface area contributed by atoms with Crippen LogP contribution in [-0.4, -0.2) is 81.0 Å². The van der Waals surface area contributed by atoms with Crippen LogP contribution in [0.4, 0.5) is 37.7 Å². The molecule has 1 saturated carbocycles. The fourth-order valence-corrected chi connectivity index (χ4v) is 8.04. The van der Waals surface area contributed by atoms with Gasteiger partial charge in [0.25, 0.3) is 0 Å². The van der Waals surface area contributed by atoms with Gasteiger partial charge in [-0.2, -0.15) is 36.5 Å². The lowest BCUT2D eigenvalue weighted by Gasteiger charge is -2.13. The molecule has 1 fully saturated rings. The molecule has 348 valence electrons. The Balaban J connectivity index is 0.000000182. The SMILES string of the molecule is Cc1cc(-n2cnc3c(NCCC(F)(F)F)cc(-c4ccnn4C)cc32)ccc1C(=O)CC1CC1.Cc1cc(-n2cnc3c(NCCC(F)(F)F)cc(-c4ccnn4C)cc32)ccc1C(=O)O. The minimum Gasteiger partial charge on any atom is -0.478 e. The summed E-state index contributed by atoms with van der Waals surface area (Å²) in [6, 6.07) is 21.7. The van der Waals surface area contributed by atoms with Crippen LogP contribution >= 0.6 is 0 Å². The highest BCUT2D eigenvalue weighted by Crippen LogP contribution is 2.36. The zero-order valence-corrected chi connectivity index (χ0v) is 36.9. The Morgan fingerprint density at radius 1 is 0.657 bits per heavy atom. The molecule has 0 bridgehead atoms. The molecule has 0 unspecified atom stereocenters. The van der Waals surface area contributed by atoms with Crippen molar-refractivity contribution in [1.82, 2.24) is 38.7 Å². The molecule has 0 saturated heterocycles. The van der Waals surface area contributed by atoms with Crippen LogP contribution in [0.2, 0.25) is 0 Å². The molecule has 67 heavy (non-hydrogen) atoms. The van der Waals surface area contributed by atoms with Gasteiger partial charge in [0, 0.05) is 74.1 Å². The van der Waals surface area contributed by atoms with Crippen molar-refractivity contribution >= 4 is 45.2 Å². The van der Waals surface area contributed by atoms with Crippen molar-refractivity contribution in [3.8, 4) is 33.9 Å². The van der Waals surface area contributed by atoms with E-state index in [1.165, 1.54) is 6.07 Å². The second-order valence-electron chi connectivity index (χ2n) is 16.7. The Morgan fingerprint density at radius 3 is 1.48 bits per heavy atom. The number of aromatic nitrogens is 8. The normalized spacial score (nSPS) is 12.9. The Labute approximate surface area is 380 Å². The molecule has 4 heterocycles. The van der Waals surface area contributed by atoms with Gasteiger partial charge in [0.05, 0.1) is 52.2 Å². The number of imidazole rings is 2. The number of carbonyl (C=O) groups excluding carboxylic acids is 1. The largest absolute Gasteiger partial charge is 0.478 e. The number of carboxylic acids is 1. The molecule has 1 aliphatic carbocycles. The Morgan fingerprint density at radius 2 is 1.10 bits per heavy atom. The smallest absolute Gasteiger partial charge is 0.390 e. The van der Waals surface area contributed by atoms with Gasteiger partial charge in [-0.05, 0) is 117 Å². The lowest BCUT2D eigenvalue weighted by Crippen LogP contribution is -2.14. The number of alkyl halides is 6. The number of benzene rings is 4. The number of aromatic carboxylic acids is 1. The van der Waals surface area contributed by atoms with Gasteiger partial charge in [-0.1, -0.05) is 0 Å². The first-order valence-corrected chi connectivity index (χ1v) is 21.4. The number of halogens is 6. The van der Waals surface area contributed by atoms with Crippen LogP contribution in [0.1, 0.15) is 63.9 Å². The predicted molar refractivity (Wildman–Crippen MR) is 243 cm³/mol. The molecule has 0 radical (unpaired) electrons. The molecule has 0 atom stereocenters. The molecule has 19 heteroatoms. The average molecular weight is 925 g/mol. The van der Waals surface area contributed by atoms with Gasteiger partial charge in [-0.15, -0.1) is 0 Å². The van der Waals surface area contributed by atoms with E-state index in [0.29, 0.717) is 51.5 Å². The molecule has 4 aromatic carbocycles. The predicted octanol–water partition coefficient (Wildman–Crippen LogP) is 10.9. The summed E-state index contributed by atoms with van der Waals surface area (Å²) in [5.74, 6) is -0.325. The van der Waals surface area contributed by atoms with E-state index in [0.717, 1.165) is 57.7 Å². The van der Waals surface area contributed by atoms with Crippen LogP contribution in [0.25, 0.3) is 56.0 Å². The third-order valence-corrected chi connectivity index (χ3v) is 11.7. The summed E-state index contributed by atoms with van der Waals surface area (Å²) >= 11 is 0. The monoisotopic (exact) mass is 924 g/mol. The third kappa shape index (κ3) is 10.5. The van der Waals surface area contributed by atoms with E-state index in [9.17, 15) is 41.0 Å². The fourth-order valence-electron chi connectivity index (χ4n) is 8.04. The average Bonchev–Trinajstić information content (AvgIpc) is 3.60. The molecule has 0 amide bonds. The molecule has 0 aliphatic heterocycles. The highest BCUT2D eigenvalue weighted by atomic mass is 19.4. The number of ketones is 1. The highest BCUT2D eigenvalue weighted by Gasteiger charge is 2.28. The number of nitrogens with one attached hydrogen (secondary N) is 2. The van der Waals surface area contributed by atoms with E-state index in [4.69, 9.17) is 0 Å². The van der Waals surface area contributed by atoms with Gasteiger partial charge >= 0.3 is 18.3 Å². The zero-order valence-electron chi connectivity index (χ0n) is 36.9. The van der Waals surface area contributed by atoms with E-state index in [1.807, 2.05) is 61.0 Å². The van der Waals surface area contributed by atoms with Crippen molar-refractivity contribution in [2.24, 2.45) is 20.0 Å². The second kappa shape index (κ2) is 18.4. The van der Waals surface area contributed by atoms with Gasteiger partial charge in [0.15, 0.2) is 5.78 Å². The van der Waals surface area contributed by atoms with Crippen LogP contribution in [0.15, 0.2) is 97.8 Å². The Kier molecular flexibility index (Phi) is 12.7. The minimum absolute atomic E-state index is 0.168. The molecule has 13 nitrogen and oxygen atoms in total. The Hall–Kier alpha value is -7.44. The number of anilines is 2. The number of aryl methyl sites for hydroxylation is 4. The van der Waals surface area contributed by atoms with Crippen LogP contribution < -0.4 is 10.6 Å². The molecular weight excluding hydrogens is 879 g/mol. The standard InChI is InChI=1S/C26H26F3N5O.C22H20F3N5O2/c1-16-11-19(5-6-20(16)24(35)12-17-3-4-17)34-15-31-25-21(30-10-8-26(27,28)29)13-18(14-23(25)34)22-7-9-32-33(22)2;1-13-9-15(3-4-16(13)21(31)32)30-12-27-20-17(26-8-6-22(23,24)25)10-14(11-19(20)30)18-5-7-28-29(18)2/h5-7,9,11,13-15,17,30H,3-4,8,10,12H2,1-2H3;3-5,7,9-12,26H,6,8H2,1-2H3,(H,31,32). The number of hydrogen-bond acceptors (Lipinski definition) is 8. The maximum Gasteiger partial charge on any atom is 0.390 e. The van der Waals surface area contributed by atoms with Gasteiger partial charge in [-0.25, -0.2) is 14.8 Å². The van der Waals surface area contributed by atoms with Crippen LogP contribution in [0.5, 0.6) is 0 Å². The third-order valence-electron chi connectivity index (χ3n) is 11.7. The van der Waals surface area contributed by atoms with E-state index in [1.54, 1.807) is 77.2 Å². The van der Waals surface area contributed by atoms with E-state index < -0.39 is 31.2 Å². The lowest BCUT2D eigenvalue weighted by molar-refractivity contribution is -0.132. The number of nitrogens with zero attached hydrogens (tertiary/aromatic N) is 8. The zero-order chi connectivity index (χ0) is 47.8. The quantitative estimate of drug-likeness (QED) is 0.0715. The molecule has 8 aromatic rings. The molecule has 0 spiro atoms.